The van der Waals surface area contributed by atoms with E-state index in [0.29, 0.717) is 5.76 Å². The minimum atomic E-state index is -0.565. The lowest BCUT2D eigenvalue weighted by atomic mass is 9.76. The maximum Gasteiger partial charge on any atom is 0.339 e. The van der Waals surface area contributed by atoms with E-state index in [1.54, 1.807) is 0 Å². The average molecular weight is 317 g/mol. The van der Waals surface area contributed by atoms with Crippen LogP contribution in [0.5, 0.6) is 5.75 Å². The third-order valence-corrected chi connectivity index (χ3v) is 5.81. The molecule has 1 N–H and O–H groups in total. The fourth-order valence-corrected chi connectivity index (χ4v) is 4.80. The molecule has 3 aliphatic rings. The Kier molecular flexibility index (Phi) is 3.66. The van der Waals surface area contributed by atoms with Crippen LogP contribution in [-0.2, 0) is 0 Å². The van der Waals surface area contributed by atoms with Crippen molar-refractivity contribution in [1.82, 2.24) is 4.90 Å². The Hall–Kier alpha value is -1.78. The Morgan fingerprint density at radius 3 is 2.48 bits per heavy atom. The van der Waals surface area contributed by atoms with Gasteiger partial charge in [-0.2, -0.15) is 0 Å². The second-order valence-electron chi connectivity index (χ2n) is 7.15. The van der Waals surface area contributed by atoms with Gasteiger partial charge in [0, 0.05) is 18.0 Å². The normalized spacial score (nSPS) is 28.3. The van der Waals surface area contributed by atoms with Gasteiger partial charge in [0.1, 0.15) is 17.1 Å². The molecule has 0 bridgehead atoms. The zero-order valence-electron chi connectivity index (χ0n) is 13.3. The van der Waals surface area contributed by atoms with Gasteiger partial charge >= 0.3 is 5.63 Å². The van der Waals surface area contributed by atoms with Crippen molar-refractivity contribution < 1.29 is 14.3 Å². The lowest BCUT2D eigenvalue weighted by Gasteiger charge is -2.48. The number of hydrogen-bond donors (Lipinski definition) is 1. The highest BCUT2D eigenvalue weighted by atomic mass is 16.4. The molecular formula is C18H23NO4. The van der Waals surface area contributed by atoms with E-state index in [1.165, 1.54) is 6.42 Å². The molecule has 2 unspecified atom stereocenters. The van der Waals surface area contributed by atoms with Gasteiger partial charge in [-0.1, -0.05) is 32.1 Å². The number of amides is 1. The van der Waals surface area contributed by atoms with Gasteiger partial charge in [-0.3, -0.25) is 4.79 Å². The van der Waals surface area contributed by atoms with Crippen molar-refractivity contribution in [2.75, 3.05) is 0 Å². The Balaban J connectivity index is 1.82. The summed E-state index contributed by atoms with van der Waals surface area (Å²) in [6.45, 7) is 0. The summed E-state index contributed by atoms with van der Waals surface area (Å²) < 4.78 is 5.39. The van der Waals surface area contributed by atoms with Crippen LogP contribution in [0.25, 0.3) is 0 Å². The van der Waals surface area contributed by atoms with Gasteiger partial charge in [0.15, 0.2) is 0 Å². The maximum atomic E-state index is 13.1. The fourth-order valence-electron chi connectivity index (χ4n) is 4.80. The molecule has 0 aromatic carbocycles. The largest absolute Gasteiger partial charge is 0.507 e. The number of fused-ring (bicyclic) bond motifs is 3. The van der Waals surface area contributed by atoms with Crippen molar-refractivity contribution in [3.05, 3.63) is 27.8 Å². The van der Waals surface area contributed by atoms with Gasteiger partial charge in [-0.25, -0.2) is 4.79 Å². The molecule has 2 saturated carbocycles. The summed E-state index contributed by atoms with van der Waals surface area (Å²) >= 11 is 0. The van der Waals surface area contributed by atoms with E-state index in [0.717, 1.165) is 57.4 Å². The zero-order chi connectivity index (χ0) is 16.0. The smallest absolute Gasteiger partial charge is 0.339 e. The predicted molar refractivity (Wildman–Crippen MR) is 84.7 cm³/mol. The molecule has 2 fully saturated rings. The van der Waals surface area contributed by atoms with Crippen molar-refractivity contribution in [2.45, 2.75) is 75.8 Å². The summed E-state index contributed by atoms with van der Waals surface area (Å²) in [6.07, 6.45) is 9.71. The molecule has 1 aromatic heterocycles. The average Bonchev–Trinajstić information content (AvgIpc) is 2.55. The highest BCUT2D eigenvalue weighted by Crippen LogP contribution is 2.45. The first-order valence-corrected chi connectivity index (χ1v) is 8.86. The van der Waals surface area contributed by atoms with Crippen molar-refractivity contribution in [2.24, 2.45) is 0 Å². The van der Waals surface area contributed by atoms with Gasteiger partial charge in [-0.05, 0) is 25.7 Å². The molecular weight excluding hydrogens is 294 g/mol. The van der Waals surface area contributed by atoms with Crippen LogP contribution in [0.4, 0.5) is 0 Å². The molecule has 5 heteroatoms. The van der Waals surface area contributed by atoms with E-state index in [-0.39, 0.29) is 35.2 Å². The number of carbonyl (C=O) groups excluding carboxylic acids is 1. The van der Waals surface area contributed by atoms with Gasteiger partial charge in [0.2, 0.25) is 0 Å². The molecule has 0 radical (unpaired) electrons. The van der Waals surface area contributed by atoms with Crippen molar-refractivity contribution in [3.8, 4) is 5.75 Å². The highest BCUT2D eigenvalue weighted by molar-refractivity contribution is 5.99. The minimum absolute atomic E-state index is 0.0539. The Morgan fingerprint density at radius 2 is 1.70 bits per heavy atom. The molecule has 0 saturated heterocycles. The molecule has 2 atom stereocenters. The maximum absolute atomic E-state index is 13.1. The third-order valence-electron chi connectivity index (χ3n) is 5.81. The molecule has 5 nitrogen and oxygen atoms in total. The number of hydrogen-bond acceptors (Lipinski definition) is 4. The predicted octanol–water partition coefficient (Wildman–Crippen LogP) is 3.16. The van der Waals surface area contributed by atoms with Crippen LogP contribution in [-0.4, -0.2) is 28.0 Å². The molecule has 1 amide bonds. The summed E-state index contributed by atoms with van der Waals surface area (Å²) in [5.41, 5.74) is -0.331. The topological polar surface area (TPSA) is 70.7 Å². The van der Waals surface area contributed by atoms with E-state index in [4.69, 9.17) is 4.42 Å². The lowest BCUT2D eigenvalue weighted by Crippen LogP contribution is -2.54. The second-order valence-corrected chi connectivity index (χ2v) is 7.15. The van der Waals surface area contributed by atoms with E-state index < -0.39 is 5.63 Å². The standard InChI is InChI=1S/C18H23NO4/c20-14-10-15(21)23-17-12-8-4-5-9-13(12)19(18(22)16(14)17)11-6-2-1-3-7-11/h10-13,20H,1-9H2. The number of rotatable bonds is 1. The van der Waals surface area contributed by atoms with E-state index in [9.17, 15) is 14.7 Å². The monoisotopic (exact) mass is 317 g/mol. The van der Waals surface area contributed by atoms with Crippen LogP contribution in [0.15, 0.2) is 15.3 Å². The Labute approximate surface area is 135 Å². The van der Waals surface area contributed by atoms with Crippen LogP contribution >= 0.6 is 0 Å². The minimum Gasteiger partial charge on any atom is -0.507 e. The Bertz CT molecular complexity index is 674. The summed E-state index contributed by atoms with van der Waals surface area (Å²) in [7, 11) is 0. The summed E-state index contributed by atoms with van der Waals surface area (Å²) in [4.78, 5) is 26.8. The molecule has 2 heterocycles. The van der Waals surface area contributed by atoms with E-state index in [2.05, 4.69) is 0 Å². The third kappa shape index (κ3) is 2.37. The van der Waals surface area contributed by atoms with Crippen molar-refractivity contribution in [1.29, 1.82) is 0 Å². The molecule has 0 spiro atoms. The first-order valence-electron chi connectivity index (χ1n) is 8.86. The van der Waals surface area contributed by atoms with Crippen LogP contribution < -0.4 is 5.63 Å². The summed E-state index contributed by atoms with van der Waals surface area (Å²) in [5, 5.41) is 10.2. The van der Waals surface area contributed by atoms with Gasteiger partial charge in [0.05, 0.1) is 6.07 Å². The molecule has 1 aromatic rings. The first-order chi connectivity index (χ1) is 11.2. The van der Waals surface area contributed by atoms with Crippen LogP contribution in [0.1, 0.15) is 79.8 Å². The quantitative estimate of drug-likeness (QED) is 0.863. The van der Waals surface area contributed by atoms with E-state index >= 15 is 0 Å². The van der Waals surface area contributed by atoms with Crippen molar-refractivity contribution >= 4 is 5.91 Å². The highest BCUT2D eigenvalue weighted by Gasteiger charge is 2.46. The summed E-state index contributed by atoms with van der Waals surface area (Å²) in [6, 6.07) is 1.41. The molecule has 124 valence electrons. The molecule has 4 rings (SSSR count). The van der Waals surface area contributed by atoms with E-state index in [1.807, 2.05) is 4.90 Å². The molecule has 1 aliphatic heterocycles. The second kappa shape index (κ2) is 5.69. The van der Waals surface area contributed by atoms with Crippen LogP contribution in [0.2, 0.25) is 0 Å². The van der Waals surface area contributed by atoms with Gasteiger partial charge < -0.3 is 14.4 Å². The van der Waals surface area contributed by atoms with Gasteiger partial charge in [-0.15, -0.1) is 0 Å². The molecule has 2 aliphatic carbocycles. The van der Waals surface area contributed by atoms with Gasteiger partial charge in [0.25, 0.3) is 5.91 Å². The summed E-state index contributed by atoms with van der Waals surface area (Å²) in [5.74, 6) is 0.123. The number of aromatic hydroxyl groups is 1. The first kappa shape index (κ1) is 14.8. The van der Waals surface area contributed by atoms with Crippen LogP contribution in [0, 0.1) is 0 Å². The molecule has 23 heavy (non-hydrogen) atoms. The number of carbonyl (C=O) groups is 1. The SMILES string of the molecule is O=C1c2c(O)cc(=O)oc2C2CCCCC2N1C1CCCCC1. The van der Waals surface area contributed by atoms with Crippen molar-refractivity contribution in [3.63, 3.8) is 0 Å². The fraction of sp³-hybridized carbons (Fsp3) is 0.667. The number of nitrogens with zero attached hydrogens (tertiary/aromatic N) is 1. The zero-order valence-corrected chi connectivity index (χ0v) is 13.3. The van der Waals surface area contributed by atoms with Crippen LogP contribution in [0.3, 0.4) is 0 Å². The Morgan fingerprint density at radius 1 is 1.00 bits per heavy atom. The lowest BCUT2D eigenvalue weighted by molar-refractivity contribution is 0.0305.